The van der Waals surface area contributed by atoms with E-state index in [-0.39, 0.29) is 24.8 Å². The molecule has 2 aromatic rings. The number of benzene rings is 1. The molecule has 0 bridgehead atoms. The van der Waals surface area contributed by atoms with Gasteiger partial charge in [-0.2, -0.15) is 18.3 Å². The minimum absolute atomic E-state index is 0.133. The van der Waals surface area contributed by atoms with Gasteiger partial charge < -0.3 is 14.8 Å². The topological polar surface area (TPSA) is 122 Å². The van der Waals surface area contributed by atoms with Gasteiger partial charge in [0.1, 0.15) is 11.4 Å². The van der Waals surface area contributed by atoms with E-state index in [4.69, 9.17) is 9.47 Å². The first-order chi connectivity index (χ1) is 19.4. The molecule has 1 unspecified atom stereocenters. The smallest absolute Gasteiger partial charge is 0.471 e. The lowest BCUT2D eigenvalue weighted by Gasteiger charge is -2.27. The van der Waals surface area contributed by atoms with E-state index >= 15 is 0 Å². The van der Waals surface area contributed by atoms with Crippen LogP contribution in [0.5, 0.6) is 5.75 Å². The average Bonchev–Trinajstić information content (AvgIpc) is 3.46. The molecule has 226 valence electrons. The Bertz CT molecular complexity index is 1330. The van der Waals surface area contributed by atoms with Gasteiger partial charge in [-0.1, -0.05) is 31.9 Å². The normalized spacial score (nSPS) is 15.4. The molecule has 1 saturated carbocycles. The summed E-state index contributed by atoms with van der Waals surface area (Å²) in [5, 5.41) is 6.07. The lowest BCUT2D eigenvalue weighted by molar-refractivity contribution is -0.173. The Morgan fingerprint density at radius 1 is 1.12 bits per heavy atom. The highest BCUT2D eigenvalue weighted by atomic mass is 19.4. The Morgan fingerprint density at radius 2 is 1.83 bits per heavy atom. The van der Waals surface area contributed by atoms with Gasteiger partial charge in [-0.05, 0) is 63.6 Å². The number of esters is 1. The van der Waals surface area contributed by atoms with Crippen molar-refractivity contribution in [2.45, 2.75) is 96.5 Å². The number of nitrogens with one attached hydrogen (secondary N) is 1. The third-order valence-corrected chi connectivity index (χ3v) is 7.22. The van der Waals surface area contributed by atoms with Crippen molar-refractivity contribution in [3.8, 4) is 5.75 Å². The molecule has 13 heteroatoms. The highest BCUT2D eigenvalue weighted by Crippen LogP contribution is 2.31. The zero-order chi connectivity index (χ0) is 30.2. The van der Waals surface area contributed by atoms with E-state index < -0.39 is 48.0 Å². The Balaban J connectivity index is 1.75. The molecule has 3 rings (SSSR count). The summed E-state index contributed by atoms with van der Waals surface area (Å²) in [6, 6.07) is 7.22. The predicted molar refractivity (Wildman–Crippen MR) is 144 cm³/mol. The van der Waals surface area contributed by atoms with Gasteiger partial charge in [-0.25, -0.2) is 14.3 Å². The number of aryl methyl sites for hydroxylation is 2. The minimum Gasteiger partial charge on any atom is -0.476 e. The fourth-order valence-corrected chi connectivity index (χ4v) is 4.76. The molecule has 1 aliphatic rings. The molecular weight excluding hydrogens is 545 g/mol. The summed E-state index contributed by atoms with van der Waals surface area (Å²) < 4.78 is 50.8. The zero-order valence-corrected chi connectivity index (χ0v) is 23.6. The van der Waals surface area contributed by atoms with Gasteiger partial charge in [0.2, 0.25) is 5.60 Å². The van der Waals surface area contributed by atoms with Gasteiger partial charge in [0.25, 0.3) is 5.56 Å². The summed E-state index contributed by atoms with van der Waals surface area (Å²) in [7, 11) is 0. The first-order valence-electron chi connectivity index (χ1n) is 13.9. The quantitative estimate of drug-likeness (QED) is 0.359. The second-order valence-corrected chi connectivity index (χ2v) is 10.2. The lowest BCUT2D eigenvalue weighted by atomic mass is 10.0. The van der Waals surface area contributed by atoms with Gasteiger partial charge in [0.15, 0.2) is 0 Å². The maximum atomic E-state index is 13.1. The summed E-state index contributed by atoms with van der Waals surface area (Å²) in [6.07, 6.45) is -0.366. The van der Waals surface area contributed by atoms with Gasteiger partial charge in [0, 0.05) is 25.6 Å². The van der Waals surface area contributed by atoms with Crippen LogP contribution >= 0.6 is 0 Å². The maximum Gasteiger partial charge on any atom is 0.471 e. The summed E-state index contributed by atoms with van der Waals surface area (Å²) >= 11 is 0. The van der Waals surface area contributed by atoms with E-state index in [9.17, 15) is 32.3 Å². The molecule has 0 radical (unpaired) electrons. The van der Waals surface area contributed by atoms with E-state index in [1.165, 1.54) is 4.68 Å². The largest absolute Gasteiger partial charge is 0.476 e. The number of ether oxygens (including phenoxy) is 2. The van der Waals surface area contributed by atoms with Gasteiger partial charge >= 0.3 is 23.7 Å². The summed E-state index contributed by atoms with van der Waals surface area (Å²) in [6.45, 7) is 4.69. The van der Waals surface area contributed by atoms with Crippen molar-refractivity contribution in [2.75, 3.05) is 13.2 Å². The maximum absolute atomic E-state index is 13.1. The monoisotopic (exact) mass is 582 g/mol. The average molecular weight is 583 g/mol. The standard InChI is InChI=1S/C28H37F3N4O6/c1-4-27(3,25(38)40-5-2)41-21-14-8-10-19(18-21)11-9-16-35-26(39)34(17-15-32-24(37)28(29,30)31)23(36)22(33-35)20-12-6-7-13-20/h8,10,14,18,20H,4-7,9,11-13,15-17H2,1-3H3,(H,32,37). The van der Waals surface area contributed by atoms with Crippen LogP contribution in [0.3, 0.4) is 0 Å². The number of nitrogens with zero attached hydrogens (tertiary/aromatic N) is 3. The fourth-order valence-electron chi connectivity index (χ4n) is 4.76. The lowest BCUT2D eigenvalue weighted by Crippen LogP contribution is -2.47. The predicted octanol–water partition coefficient (Wildman–Crippen LogP) is 3.48. The van der Waals surface area contributed by atoms with Crippen molar-refractivity contribution < 1.29 is 32.2 Å². The van der Waals surface area contributed by atoms with Crippen LogP contribution in [-0.2, 0) is 33.8 Å². The molecule has 1 aromatic heterocycles. The number of amides is 1. The van der Waals surface area contributed by atoms with Gasteiger partial charge in [0.05, 0.1) is 6.61 Å². The molecule has 1 aromatic carbocycles. The number of carbonyl (C=O) groups excluding carboxylic acids is 2. The molecule has 1 aliphatic carbocycles. The van der Waals surface area contributed by atoms with Crippen LogP contribution in [0.25, 0.3) is 0 Å². The van der Waals surface area contributed by atoms with E-state index in [0.29, 0.717) is 25.0 Å². The molecule has 1 heterocycles. The molecule has 1 atom stereocenters. The zero-order valence-electron chi connectivity index (χ0n) is 23.6. The minimum atomic E-state index is -5.06. The third kappa shape index (κ3) is 8.20. The van der Waals surface area contributed by atoms with Crippen LogP contribution in [-0.4, -0.2) is 51.2 Å². The van der Waals surface area contributed by atoms with Gasteiger partial charge in [-0.15, -0.1) is 0 Å². The van der Waals surface area contributed by atoms with Crippen LogP contribution in [0.15, 0.2) is 33.9 Å². The van der Waals surface area contributed by atoms with Crippen molar-refractivity contribution in [1.82, 2.24) is 19.7 Å². The Kier molecular flexibility index (Phi) is 10.7. The number of carbonyl (C=O) groups is 2. The van der Waals surface area contributed by atoms with Gasteiger partial charge in [-0.3, -0.25) is 14.2 Å². The van der Waals surface area contributed by atoms with Crippen LogP contribution in [0.2, 0.25) is 0 Å². The number of rotatable bonds is 13. The van der Waals surface area contributed by atoms with Crippen molar-refractivity contribution in [1.29, 1.82) is 0 Å². The number of alkyl halides is 3. The van der Waals surface area contributed by atoms with Crippen molar-refractivity contribution >= 4 is 11.9 Å². The third-order valence-electron chi connectivity index (χ3n) is 7.22. The fraction of sp³-hybridized carbons (Fsp3) is 0.607. The van der Waals surface area contributed by atoms with Crippen LogP contribution in [0.1, 0.15) is 76.5 Å². The molecule has 10 nitrogen and oxygen atoms in total. The van der Waals surface area contributed by atoms with E-state index in [1.54, 1.807) is 37.4 Å². The summed E-state index contributed by atoms with van der Waals surface area (Å²) in [5.41, 5.74) is -1.42. The summed E-state index contributed by atoms with van der Waals surface area (Å²) in [5.74, 6) is -2.23. The van der Waals surface area contributed by atoms with E-state index in [1.807, 2.05) is 13.0 Å². The molecular formula is C28H37F3N4O6. The molecule has 0 saturated heterocycles. The molecule has 0 aliphatic heterocycles. The molecule has 0 spiro atoms. The highest BCUT2D eigenvalue weighted by molar-refractivity contribution is 5.81. The number of hydrogen-bond acceptors (Lipinski definition) is 7. The van der Waals surface area contributed by atoms with E-state index in [0.717, 1.165) is 35.8 Å². The molecule has 1 N–H and O–H groups in total. The van der Waals surface area contributed by atoms with Crippen molar-refractivity contribution in [3.05, 3.63) is 56.4 Å². The Morgan fingerprint density at radius 3 is 2.46 bits per heavy atom. The highest BCUT2D eigenvalue weighted by Gasteiger charge is 2.38. The van der Waals surface area contributed by atoms with Crippen LogP contribution in [0, 0.1) is 0 Å². The Labute approximate surface area is 235 Å². The van der Waals surface area contributed by atoms with Crippen molar-refractivity contribution in [2.24, 2.45) is 0 Å². The molecule has 41 heavy (non-hydrogen) atoms. The van der Waals surface area contributed by atoms with Crippen molar-refractivity contribution in [3.63, 3.8) is 0 Å². The Hall–Kier alpha value is -3.64. The number of halogens is 3. The first-order valence-corrected chi connectivity index (χ1v) is 13.9. The van der Waals surface area contributed by atoms with Crippen LogP contribution in [0.4, 0.5) is 13.2 Å². The SMILES string of the molecule is CCOC(=O)C(C)(CC)Oc1cccc(CCCn2nc(C3CCCC3)c(=O)n(CCNC(=O)C(F)(F)F)c2=O)c1. The van der Waals surface area contributed by atoms with Crippen LogP contribution < -0.4 is 21.3 Å². The molecule has 1 amide bonds. The number of aromatic nitrogens is 3. The molecule has 1 fully saturated rings. The second kappa shape index (κ2) is 13.8. The second-order valence-electron chi connectivity index (χ2n) is 10.2. The number of hydrogen-bond donors (Lipinski definition) is 1. The first kappa shape index (κ1) is 31.9. The van der Waals surface area contributed by atoms with E-state index in [2.05, 4.69) is 5.10 Å². The summed E-state index contributed by atoms with van der Waals surface area (Å²) in [4.78, 5) is 49.7.